The zero-order valence-corrected chi connectivity index (χ0v) is 8.69. The first-order chi connectivity index (χ1) is 7.03. The molecule has 0 spiro atoms. The Bertz CT molecular complexity index is 411. The molecule has 0 bridgehead atoms. The minimum absolute atomic E-state index is 0.171. The number of nitro groups is 1. The molecule has 0 aliphatic heterocycles. The van der Waals surface area contributed by atoms with Crippen LogP contribution in [-0.4, -0.2) is 4.92 Å². The van der Waals surface area contributed by atoms with Crippen molar-refractivity contribution in [1.29, 1.82) is 0 Å². The number of nitrogens with zero attached hydrogens (tertiary/aromatic N) is 1. The molecule has 4 heteroatoms. The molecule has 1 aliphatic carbocycles. The summed E-state index contributed by atoms with van der Waals surface area (Å²) in [6.07, 6.45) is 2.96. The van der Waals surface area contributed by atoms with Gasteiger partial charge in [0, 0.05) is 17.2 Å². The molecule has 0 amide bonds. The lowest BCUT2D eigenvalue weighted by Gasteiger charge is -2.38. The van der Waals surface area contributed by atoms with Gasteiger partial charge in [-0.15, -0.1) is 0 Å². The first-order valence-corrected chi connectivity index (χ1v) is 5.07. The van der Waals surface area contributed by atoms with Crippen molar-refractivity contribution in [1.82, 2.24) is 0 Å². The summed E-state index contributed by atoms with van der Waals surface area (Å²) in [5.74, 6) is 0. The normalized spacial score (nSPS) is 18.3. The predicted molar refractivity (Wildman–Crippen MR) is 57.5 cm³/mol. The monoisotopic (exact) mass is 206 g/mol. The molecule has 1 fully saturated rings. The summed E-state index contributed by atoms with van der Waals surface area (Å²) < 4.78 is 0. The van der Waals surface area contributed by atoms with E-state index in [2.05, 4.69) is 0 Å². The highest BCUT2D eigenvalue weighted by Gasteiger charge is 2.35. The number of nitrogens with two attached hydrogens (primary N) is 1. The van der Waals surface area contributed by atoms with E-state index < -0.39 is 0 Å². The van der Waals surface area contributed by atoms with Gasteiger partial charge in [0.1, 0.15) is 0 Å². The van der Waals surface area contributed by atoms with E-state index in [1.165, 1.54) is 0 Å². The molecule has 0 aromatic heterocycles. The van der Waals surface area contributed by atoms with Gasteiger partial charge in [-0.3, -0.25) is 10.1 Å². The highest BCUT2D eigenvalue weighted by atomic mass is 16.6. The van der Waals surface area contributed by atoms with E-state index in [1.54, 1.807) is 19.1 Å². The molecule has 0 radical (unpaired) electrons. The van der Waals surface area contributed by atoms with Crippen LogP contribution in [0.1, 0.15) is 30.4 Å². The molecule has 0 heterocycles. The maximum atomic E-state index is 10.8. The Kier molecular flexibility index (Phi) is 2.23. The Labute approximate surface area is 88.2 Å². The molecule has 80 valence electrons. The first-order valence-electron chi connectivity index (χ1n) is 5.07. The van der Waals surface area contributed by atoms with E-state index in [4.69, 9.17) is 5.73 Å². The first kappa shape index (κ1) is 10.1. The van der Waals surface area contributed by atoms with Crippen LogP contribution in [-0.2, 0) is 5.54 Å². The van der Waals surface area contributed by atoms with E-state index >= 15 is 0 Å². The molecular weight excluding hydrogens is 192 g/mol. The van der Waals surface area contributed by atoms with Gasteiger partial charge in [-0.05, 0) is 31.7 Å². The lowest BCUT2D eigenvalue weighted by molar-refractivity contribution is -0.385. The number of benzene rings is 1. The summed E-state index contributed by atoms with van der Waals surface area (Å²) in [4.78, 5) is 10.4. The molecule has 0 unspecified atom stereocenters. The summed E-state index contributed by atoms with van der Waals surface area (Å²) in [6.45, 7) is 1.74. The second kappa shape index (κ2) is 3.31. The van der Waals surface area contributed by atoms with Crippen molar-refractivity contribution >= 4 is 5.69 Å². The third kappa shape index (κ3) is 1.61. The van der Waals surface area contributed by atoms with Gasteiger partial charge in [-0.2, -0.15) is 0 Å². The van der Waals surface area contributed by atoms with Crippen molar-refractivity contribution in [2.24, 2.45) is 5.73 Å². The molecule has 15 heavy (non-hydrogen) atoms. The van der Waals surface area contributed by atoms with Crippen LogP contribution >= 0.6 is 0 Å². The van der Waals surface area contributed by atoms with Crippen LogP contribution in [0.3, 0.4) is 0 Å². The topological polar surface area (TPSA) is 69.2 Å². The fraction of sp³-hybridized carbons (Fsp3) is 0.455. The van der Waals surface area contributed by atoms with Crippen LogP contribution in [0, 0.1) is 17.0 Å². The Morgan fingerprint density at radius 3 is 2.60 bits per heavy atom. The van der Waals surface area contributed by atoms with Crippen molar-refractivity contribution in [3.63, 3.8) is 0 Å². The molecule has 2 N–H and O–H groups in total. The van der Waals surface area contributed by atoms with Gasteiger partial charge in [0.2, 0.25) is 0 Å². The fourth-order valence-corrected chi connectivity index (χ4v) is 1.96. The molecule has 1 aromatic rings. The van der Waals surface area contributed by atoms with Crippen LogP contribution < -0.4 is 5.73 Å². The lowest BCUT2D eigenvalue weighted by Crippen LogP contribution is -2.43. The van der Waals surface area contributed by atoms with Gasteiger partial charge in [0.15, 0.2) is 0 Å². The maximum absolute atomic E-state index is 10.8. The van der Waals surface area contributed by atoms with Gasteiger partial charge >= 0.3 is 0 Å². The summed E-state index contributed by atoms with van der Waals surface area (Å²) in [7, 11) is 0. The van der Waals surface area contributed by atoms with E-state index in [0.29, 0.717) is 5.56 Å². The minimum atomic E-state index is -0.346. The maximum Gasteiger partial charge on any atom is 0.272 e. The van der Waals surface area contributed by atoms with Gasteiger partial charge in [-0.25, -0.2) is 0 Å². The van der Waals surface area contributed by atoms with Crippen molar-refractivity contribution in [2.75, 3.05) is 0 Å². The zero-order chi connectivity index (χ0) is 11.1. The number of nitro benzene ring substituents is 1. The third-order valence-electron chi connectivity index (χ3n) is 3.23. The average Bonchev–Trinajstić information content (AvgIpc) is 2.14. The van der Waals surface area contributed by atoms with Crippen LogP contribution in [0.4, 0.5) is 5.69 Å². The van der Waals surface area contributed by atoms with Crippen LogP contribution in [0.25, 0.3) is 0 Å². The lowest BCUT2D eigenvalue weighted by atomic mass is 9.72. The number of aryl methyl sites for hydroxylation is 1. The van der Waals surface area contributed by atoms with Crippen molar-refractivity contribution in [2.45, 2.75) is 31.7 Å². The van der Waals surface area contributed by atoms with Gasteiger partial charge in [0.05, 0.1) is 4.92 Å². The fourth-order valence-electron chi connectivity index (χ4n) is 1.96. The molecule has 1 aliphatic rings. The molecule has 0 saturated heterocycles. The Balaban J connectivity index is 2.42. The summed E-state index contributed by atoms with van der Waals surface area (Å²) in [5.41, 5.74) is 7.55. The quantitative estimate of drug-likeness (QED) is 0.596. The van der Waals surface area contributed by atoms with Crippen LogP contribution in [0.15, 0.2) is 18.2 Å². The summed E-state index contributed by atoms with van der Waals surface area (Å²) in [6, 6.07) is 5.30. The third-order valence-corrected chi connectivity index (χ3v) is 3.23. The van der Waals surface area contributed by atoms with E-state index in [9.17, 15) is 10.1 Å². The molecular formula is C11H14N2O2. The van der Waals surface area contributed by atoms with Crippen molar-refractivity contribution in [3.05, 3.63) is 39.4 Å². The summed E-state index contributed by atoms with van der Waals surface area (Å²) in [5, 5.41) is 10.8. The average molecular weight is 206 g/mol. The van der Waals surface area contributed by atoms with Crippen molar-refractivity contribution < 1.29 is 4.92 Å². The van der Waals surface area contributed by atoms with Crippen LogP contribution in [0.5, 0.6) is 0 Å². The summed E-state index contributed by atoms with van der Waals surface area (Å²) >= 11 is 0. The molecule has 0 atom stereocenters. The SMILES string of the molecule is Cc1ccc(C2(N)CCC2)cc1[N+](=O)[O-]. The van der Waals surface area contributed by atoms with Crippen molar-refractivity contribution in [3.8, 4) is 0 Å². The van der Waals surface area contributed by atoms with E-state index in [-0.39, 0.29) is 16.1 Å². The number of hydrogen-bond acceptors (Lipinski definition) is 3. The molecule has 4 nitrogen and oxygen atoms in total. The largest absolute Gasteiger partial charge is 0.321 e. The second-order valence-corrected chi connectivity index (χ2v) is 4.27. The zero-order valence-electron chi connectivity index (χ0n) is 8.69. The van der Waals surface area contributed by atoms with Crippen LogP contribution in [0.2, 0.25) is 0 Å². The number of rotatable bonds is 2. The highest BCUT2D eigenvalue weighted by molar-refractivity contribution is 5.45. The second-order valence-electron chi connectivity index (χ2n) is 4.27. The Hall–Kier alpha value is -1.42. The standard InChI is InChI=1S/C11H14N2O2/c1-8-3-4-9(7-10(8)13(14)15)11(12)5-2-6-11/h3-4,7H,2,5-6,12H2,1H3. The smallest absolute Gasteiger partial charge is 0.272 e. The number of hydrogen-bond donors (Lipinski definition) is 1. The van der Waals surface area contributed by atoms with Gasteiger partial charge in [-0.1, -0.05) is 12.1 Å². The van der Waals surface area contributed by atoms with Gasteiger partial charge in [0.25, 0.3) is 5.69 Å². The highest BCUT2D eigenvalue weighted by Crippen LogP contribution is 2.40. The van der Waals surface area contributed by atoms with Gasteiger partial charge < -0.3 is 5.73 Å². The molecule has 1 aromatic carbocycles. The molecule has 1 saturated carbocycles. The Morgan fingerprint density at radius 2 is 2.13 bits per heavy atom. The van der Waals surface area contributed by atoms with E-state index in [0.717, 1.165) is 24.8 Å². The molecule has 2 rings (SSSR count). The Morgan fingerprint density at radius 1 is 1.47 bits per heavy atom. The van der Waals surface area contributed by atoms with E-state index in [1.807, 2.05) is 6.07 Å². The predicted octanol–water partition coefficient (Wildman–Crippen LogP) is 2.24. The minimum Gasteiger partial charge on any atom is -0.321 e.